The van der Waals surface area contributed by atoms with Crippen molar-refractivity contribution in [2.75, 3.05) is 0 Å². The molecule has 0 unspecified atom stereocenters. The molecule has 0 saturated carbocycles. The fourth-order valence-electron chi connectivity index (χ4n) is 2.01. The standard InChI is InChI=1S/2C6H18NSi2.ClH.Zr/c2*1-8(2,3)7-9(4,5)6;;/h2*1-6H3;1H;/q2*-1;;+3/p-1. The molecule has 20 heavy (non-hydrogen) atoms. The van der Waals surface area contributed by atoms with Gasteiger partial charge in [-0.15, -0.1) is 0 Å². The van der Waals surface area contributed by atoms with Crippen LogP contribution in [0, 0.1) is 0 Å². The van der Waals surface area contributed by atoms with E-state index in [1.807, 2.05) is 0 Å². The van der Waals surface area contributed by atoms with E-state index in [1.165, 1.54) is 0 Å². The summed E-state index contributed by atoms with van der Waals surface area (Å²) in [5.41, 5.74) is 0. The van der Waals surface area contributed by atoms with Crippen molar-refractivity contribution in [3.63, 3.8) is 0 Å². The van der Waals surface area contributed by atoms with Crippen molar-refractivity contribution in [1.82, 2.24) is 0 Å². The van der Waals surface area contributed by atoms with Crippen LogP contribution in [0.1, 0.15) is 0 Å². The number of rotatable bonds is 4. The first kappa shape index (κ1) is 29.9. The summed E-state index contributed by atoms with van der Waals surface area (Å²) in [5.74, 6) is 0. The van der Waals surface area contributed by atoms with Gasteiger partial charge in [-0.05, 0) is 0 Å². The molecule has 0 N–H and O–H groups in total. The second kappa shape index (κ2) is 10.7. The van der Waals surface area contributed by atoms with Gasteiger partial charge in [0, 0.05) is 0 Å². The minimum atomic E-state index is -1.11. The van der Waals surface area contributed by atoms with E-state index in [1.54, 1.807) is 0 Å². The summed E-state index contributed by atoms with van der Waals surface area (Å²) < 4.78 is 9.64. The third-order valence-corrected chi connectivity index (χ3v) is 12.1. The Kier molecular flexibility index (Phi) is 16.0. The second-order valence-electron chi connectivity index (χ2n) is 8.91. The Morgan fingerprint density at radius 2 is 0.500 bits per heavy atom. The largest absolute Gasteiger partial charge is 3.00 e. The Hall–Kier alpha value is 1.96. The van der Waals surface area contributed by atoms with Crippen molar-refractivity contribution >= 4 is 32.9 Å². The monoisotopic (exact) mass is 445 g/mol. The molecule has 0 atom stereocenters. The minimum absolute atomic E-state index is 0. The molecule has 0 aromatic rings. The maximum absolute atomic E-state index is 4.82. The Labute approximate surface area is 158 Å². The van der Waals surface area contributed by atoms with E-state index < -0.39 is 32.9 Å². The molecule has 121 valence electrons. The summed E-state index contributed by atoms with van der Waals surface area (Å²) >= 11 is 0. The molecule has 0 aliphatic heterocycles. The summed E-state index contributed by atoms with van der Waals surface area (Å²) in [6, 6.07) is 0. The summed E-state index contributed by atoms with van der Waals surface area (Å²) in [4.78, 5) is 0. The van der Waals surface area contributed by atoms with Crippen LogP contribution in [0.5, 0.6) is 0 Å². The van der Waals surface area contributed by atoms with Gasteiger partial charge in [0.1, 0.15) is 0 Å². The first-order valence-corrected chi connectivity index (χ1v) is 20.7. The van der Waals surface area contributed by atoms with Crippen molar-refractivity contribution in [3.05, 3.63) is 9.30 Å². The quantitative estimate of drug-likeness (QED) is 0.593. The van der Waals surface area contributed by atoms with Gasteiger partial charge in [-0.1, -0.05) is 112 Å². The van der Waals surface area contributed by atoms with Crippen molar-refractivity contribution in [2.24, 2.45) is 0 Å². The van der Waals surface area contributed by atoms with Crippen molar-refractivity contribution in [2.45, 2.75) is 78.6 Å². The van der Waals surface area contributed by atoms with E-state index in [4.69, 9.17) is 9.30 Å². The maximum Gasteiger partial charge on any atom is 3.00 e. The van der Waals surface area contributed by atoms with Crippen LogP contribution >= 0.6 is 0 Å². The van der Waals surface area contributed by atoms with Gasteiger partial charge in [0.25, 0.3) is 0 Å². The molecule has 2 nitrogen and oxygen atoms in total. The molecule has 8 heteroatoms. The Morgan fingerprint density at radius 3 is 0.500 bits per heavy atom. The van der Waals surface area contributed by atoms with E-state index >= 15 is 0 Å². The van der Waals surface area contributed by atoms with Gasteiger partial charge in [0.05, 0.1) is 0 Å². The van der Waals surface area contributed by atoms with Crippen LogP contribution in [0.4, 0.5) is 0 Å². The minimum Gasteiger partial charge on any atom is -1.00 e. The zero-order valence-corrected chi connectivity index (χ0v) is 23.0. The third kappa shape index (κ3) is 36.8. The zero-order chi connectivity index (χ0) is 15.4. The van der Waals surface area contributed by atoms with Gasteiger partial charge >= 0.3 is 26.2 Å². The molecular weight excluding hydrogens is 411 g/mol. The molecule has 0 amide bonds. The maximum atomic E-state index is 4.82. The molecule has 0 bridgehead atoms. The molecule has 0 aromatic carbocycles. The van der Waals surface area contributed by atoms with Gasteiger partial charge < -0.3 is 21.7 Å². The molecule has 0 heterocycles. The predicted octanol–water partition coefficient (Wildman–Crippen LogP) is 3.06. The van der Waals surface area contributed by atoms with Crippen LogP contribution in [0.3, 0.4) is 0 Å². The normalized spacial score (nSPS) is 12.6. The molecule has 0 spiro atoms. The molecule has 0 fully saturated rings. The average Bonchev–Trinajstić information content (AvgIpc) is 1.64. The van der Waals surface area contributed by atoms with E-state index in [0.29, 0.717) is 0 Å². The second-order valence-corrected chi connectivity index (χ2v) is 28.1. The SMILES string of the molecule is C[Si](C)(C)[N-][Si](C)(C)C.C[Si](C)(C)[N-][Si](C)(C)C.[Cl-].[Zr+3]. The molecule has 0 aliphatic rings. The van der Waals surface area contributed by atoms with Crippen LogP contribution < -0.4 is 12.4 Å². The summed E-state index contributed by atoms with van der Waals surface area (Å²) in [6.07, 6.45) is 0. The summed E-state index contributed by atoms with van der Waals surface area (Å²) in [6.45, 7) is 27.6. The topological polar surface area (TPSA) is 28.2 Å². The molecular formula is C12H36ClN2Si4Zr. The smallest absolute Gasteiger partial charge is 1.00 e. The number of hydrogen-bond acceptors (Lipinski definition) is 0. The van der Waals surface area contributed by atoms with E-state index in [2.05, 4.69) is 78.6 Å². The van der Waals surface area contributed by atoms with E-state index in [9.17, 15) is 0 Å². The van der Waals surface area contributed by atoms with Gasteiger partial charge in [0.2, 0.25) is 0 Å². The molecule has 0 aromatic heterocycles. The number of hydrogen-bond donors (Lipinski definition) is 0. The average molecular weight is 447 g/mol. The predicted molar refractivity (Wildman–Crippen MR) is 100 cm³/mol. The Balaban J connectivity index is -0.000000116. The van der Waals surface area contributed by atoms with E-state index in [-0.39, 0.29) is 38.6 Å². The van der Waals surface area contributed by atoms with Crippen LogP contribution in [0.25, 0.3) is 9.30 Å². The molecule has 0 saturated heterocycles. The van der Waals surface area contributed by atoms with E-state index in [0.717, 1.165) is 0 Å². The summed E-state index contributed by atoms with van der Waals surface area (Å²) in [5, 5.41) is 0. The van der Waals surface area contributed by atoms with Crippen LogP contribution in [-0.4, -0.2) is 32.9 Å². The zero-order valence-electron chi connectivity index (χ0n) is 15.8. The third-order valence-electron chi connectivity index (χ3n) is 1.34. The van der Waals surface area contributed by atoms with Crippen LogP contribution in [0.15, 0.2) is 0 Å². The Morgan fingerprint density at radius 1 is 0.400 bits per heavy atom. The van der Waals surface area contributed by atoms with Gasteiger partial charge in [-0.25, -0.2) is 0 Å². The fourth-order valence-corrected chi connectivity index (χ4v) is 18.1. The van der Waals surface area contributed by atoms with Gasteiger partial charge in [0.15, 0.2) is 0 Å². The first-order valence-electron chi connectivity index (χ1n) is 6.89. The number of halogens is 1. The van der Waals surface area contributed by atoms with Gasteiger partial charge in [-0.2, -0.15) is 0 Å². The van der Waals surface area contributed by atoms with Crippen molar-refractivity contribution < 1.29 is 38.6 Å². The van der Waals surface area contributed by atoms with Crippen LogP contribution in [0.2, 0.25) is 78.6 Å². The number of nitrogens with zero attached hydrogens (tertiary/aromatic N) is 2. The summed E-state index contributed by atoms with van der Waals surface area (Å²) in [7, 11) is -4.42. The first-order chi connectivity index (χ1) is 7.41. The van der Waals surface area contributed by atoms with Crippen molar-refractivity contribution in [3.8, 4) is 0 Å². The van der Waals surface area contributed by atoms with Gasteiger partial charge in [-0.3, -0.25) is 0 Å². The molecule has 0 aliphatic carbocycles. The Bertz CT molecular complexity index is 190. The fraction of sp³-hybridized carbons (Fsp3) is 1.00. The van der Waals surface area contributed by atoms with Crippen molar-refractivity contribution in [1.29, 1.82) is 0 Å². The molecule has 0 rings (SSSR count). The van der Waals surface area contributed by atoms with Crippen LogP contribution in [-0.2, 0) is 26.2 Å². The molecule has 1 radical (unpaired) electrons.